The van der Waals surface area contributed by atoms with Gasteiger partial charge >= 0.3 is 0 Å². The summed E-state index contributed by atoms with van der Waals surface area (Å²) in [6.45, 7) is 1.61. The van der Waals surface area contributed by atoms with Crippen LogP contribution in [0, 0.1) is 17.8 Å². The molecule has 0 aromatic carbocycles. The molecule has 2 saturated heterocycles. The molecule has 0 N–H and O–H groups in total. The molecule has 3 nitrogen and oxygen atoms in total. The summed E-state index contributed by atoms with van der Waals surface area (Å²) in [5.74, 6) is 1.29. The van der Waals surface area contributed by atoms with E-state index in [0.717, 1.165) is 31.5 Å². The third-order valence-electron chi connectivity index (χ3n) is 4.68. The molecule has 16 heavy (non-hydrogen) atoms. The number of hydrogen-bond donors (Lipinski definition) is 0. The number of hydrogen-bond acceptors (Lipinski definition) is 3. The van der Waals surface area contributed by atoms with Crippen molar-refractivity contribution in [2.75, 3.05) is 20.3 Å². The fourth-order valence-electron chi connectivity index (χ4n) is 3.89. The molecule has 0 bridgehead atoms. The maximum absolute atomic E-state index is 5.94. The molecule has 0 unspecified atom stereocenters. The van der Waals surface area contributed by atoms with Gasteiger partial charge in [0.1, 0.15) is 0 Å². The first-order chi connectivity index (χ1) is 7.86. The molecule has 3 rings (SSSR count). The summed E-state index contributed by atoms with van der Waals surface area (Å²) in [7, 11) is 1.72. The Morgan fingerprint density at radius 3 is 2.81 bits per heavy atom. The van der Waals surface area contributed by atoms with E-state index in [1.54, 1.807) is 7.11 Å². The van der Waals surface area contributed by atoms with E-state index < -0.39 is 5.97 Å². The van der Waals surface area contributed by atoms with Crippen molar-refractivity contribution < 1.29 is 14.2 Å². The van der Waals surface area contributed by atoms with Crippen LogP contribution in [0.3, 0.4) is 0 Å². The van der Waals surface area contributed by atoms with Gasteiger partial charge in [-0.15, -0.1) is 0 Å². The van der Waals surface area contributed by atoms with Gasteiger partial charge in [0, 0.05) is 13.0 Å². The van der Waals surface area contributed by atoms with Crippen LogP contribution >= 0.6 is 0 Å². The van der Waals surface area contributed by atoms with E-state index in [4.69, 9.17) is 14.2 Å². The summed E-state index contributed by atoms with van der Waals surface area (Å²) in [5.41, 5.74) is 0. The van der Waals surface area contributed by atoms with Crippen LogP contribution in [0.5, 0.6) is 0 Å². The lowest BCUT2D eigenvalue weighted by atomic mass is 9.68. The zero-order valence-electron chi connectivity index (χ0n) is 10.1. The minimum Gasteiger partial charge on any atom is -0.331 e. The Balaban J connectivity index is 1.83. The molecule has 1 saturated carbocycles. The first kappa shape index (κ1) is 11.0. The lowest BCUT2D eigenvalue weighted by molar-refractivity contribution is -0.436. The molecular weight excluding hydrogens is 204 g/mol. The Kier molecular flexibility index (Phi) is 2.94. The van der Waals surface area contributed by atoms with Gasteiger partial charge in [0.2, 0.25) is 0 Å². The van der Waals surface area contributed by atoms with Crippen LogP contribution in [0.25, 0.3) is 0 Å². The van der Waals surface area contributed by atoms with Gasteiger partial charge in [-0.1, -0.05) is 12.8 Å². The van der Waals surface area contributed by atoms with Crippen LogP contribution in [0.15, 0.2) is 0 Å². The maximum atomic E-state index is 5.94. The number of rotatable bonds is 1. The van der Waals surface area contributed by atoms with Crippen molar-refractivity contribution in [1.29, 1.82) is 0 Å². The highest BCUT2D eigenvalue weighted by Gasteiger charge is 2.53. The van der Waals surface area contributed by atoms with Gasteiger partial charge in [-0.2, -0.15) is 0 Å². The zero-order valence-corrected chi connectivity index (χ0v) is 10.1. The Morgan fingerprint density at radius 1 is 1.06 bits per heavy atom. The predicted molar refractivity (Wildman–Crippen MR) is 59.8 cm³/mol. The predicted octanol–water partition coefficient (Wildman–Crippen LogP) is 2.55. The fourth-order valence-corrected chi connectivity index (χ4v) is 3.89. The molecular formula is C13H22O3. The lowest BCUT2D eigenvalue weighted by Gasteiger charge is -2.52. The summed E-state index contributed by atoms with van der Waals surface area (Å²) in [5, 5.41) is 0. The first-order valence-electron chi connectivity index (χ1n) is 6.69. The van der Waals surface area contributed by atoms with Crippen LogP contribution in [0.1, 0.15) is 38.5 Å². The molecule has 0 radical (unpaired) electrons. The van der Waals surface area contributed by atoms with Gasteiger partial charge in [-0.25, -0.2) is 0 Å². The normalized spacial score (nSPS) is 48.2. The van der Waals surface area contributed by atoms with E-state index in [1.165, 1.54) is 32.1 Å². The number of ether oxygens (including phenoxy) is 3. The highest BCUT2D eigenvalue weighted by atomic mass is 16.9. The SMILES string of the molecule is CO[C@]12OCCC[C@@H]1[C@H]1CCCC[C@@H]1CO2. The second-order valence-corrected chi connectivity index (χ2v) is 5.42. The Bertz CT molecular complexity index is 256. The van der Waals surface area contributed by atoms with Crippen molar-refractivity contribution >= 4 is 0 Å². The van der Waals surface area contributed by atoms with Crippen molar-refractivity contribution in [2.45, 2.75) is 44.5 Å². The largest absolute Gasteiger partial charge is 0.331 e. The van der Waals surface area contributed by atoms with Crippen LogP contribution in [-0.4, -0.2) is 26.3 Å². The summed E-state index contributed by atoms with van der Waals surface area (Å²) >= 11 is 0. The Morgan fingerprint density at radius 2 is 1.94 bits per heavy atom. The lowest BCUT2D eigenvalue weighted by Crippen LogP contribution is -2.57. The van der Waals surface area contributed by atoms with E-state index in [-0.39, 0.29) is 0 Å². The van der Waals surface area contributed by atoms with Gasteiger partial charge in [0.05, 0.1) is 13.2 Å². The summed E-state index contributed by atoms with van der Waals surface area (Å²) in [6.07, 6.45) is 7.78. The van der Waals surface area contributed by atoms with Crippen molar-refractivity contribution in [3.8, 4) is 0 Å². The van der Waals surface area contributed by atoms with Crippen molar-refractivity contribution in [3.63, 3.8) is 0 Å². The molecule has 0 aromatic rings. The molecule has 92 valence electrons. The molecule has 3 fully saturated rings. The fraction of sp³-hybridized carbons (Fsp3) is 1.00. The minimum atomic E-state index is -0.698. The monoisotopic (exact) mass is 226 g/mol. The minimum absolute atomic E-state index is 0.463. The number of methoxy groups -OCH3 is 1. The Hall–Kier alpha value is -0.120. The molecule has 0 spiro atoms. The molecule has 2 heterocycles. The van der Waals surface area contributed by atoms with E-state index in [1.807, 2.05) is 0 Å². The van der Waals surface area contributed by atoms with E-state index >= 15 is 0 Å². The smallest absolute Gasteiger partial charge is 0.285 e. The molecule has 2 aliphatic heterocycles. The second kappa shape index (κ2) is 4.28. The molecule has 4 atom stereocenters. The third-order valence-corrected chi connectivity index (χ3v) is 4.68. The highest BCUT2D eigenvalue weighted by molar-refractivity contribution is 4.91. The average molecular weight is 226 g/mol. The van der Waals surface area contributed by atoms with Crippen LogP contribution < -0.4 is 0 Å². The van der Waals surface area contributed by atoms with Gasteiger partial charge < -0.3 is 14.2 Å². The van der Waals surface area contributed by atoms with Crippen molar-refractivity contribution in [1.82, 2.24) is 0 Å². The zero-order chi connectivity index (χ0) is 11.0. The maximum Gasteiger partial charge on any atom is 0.285 e. The van der Waals surface area contributed by atoms with Crippen LogP contribution in [0.2, 0.25) is 0 Å². The third kappa shape index (κ3) is 1.60. The van der Waals surface area contributed by atoms with E-state index in [0.29, 0.717) is 5.92 Å². The second-order valence-electron chi connectivity index (χ2n) is 5.42. The van der Waals surface area contributed by atoms with Crippen molar-refractivity contribution in [2.24, 2.45) is 17.8 Å². The molecule has 1 aliphatic carbocycles. The summed E-state index contributed by atoms with van der Waals surface area (Å²) < 4.78 is 17.4. The highest BCUT2D eigenvalue weighted by Crippen LogP contribution is 2.49. The summed E-state index contributed by atoms with van der Waals surface area (Å²) in [6, 6.07) is 0. The van der Waals surface area contributed by atoms with Gasteiger partial charge in [-0.3, -0.25) is 0 Å². The van der Waals surface area contributed by atoms with E-state index in [2.05, 4.69) is 0 Å². The van der Waals surface area contributed by atoms with Gasteiger partial charge in [-0.05, 0) is 37.5 Å². The van der Waals surface area contributed by atoms with Crippen LogP contribution in [-0.2, 0) is 14.2 Å². The first-order valence-corrected chi connectivity index (χ1v) is 6.69. The van der Waals surface area contributed by atoms with Crippen molar-refractivity contribution in [3.05, 3.63) is 0 Å². The summed E-state index contributed by atoms with van der Waals surface area (Å²) in [4.78, 5) is 0. The average Bonchev–Trinajstić information content (AvgIpc) is 2.38. The molecule has 0 aromatic heterocycles. The van der Waals surface area contributed by atoms with Gasteiger partial charge in [0.25, 0.3) is 5.97 Å². The van der Waals surface area contributed by atoms with E-state index in [9.17, 15) is 0 Å². The molecule has 0 amide bonds. The standard InChI is InChI=1S/C13H22O3/c1-14-13-12(7-4-8-15-13)11-6-3-2-5-10(11)9-16-13/h10-12H,2-9H2,1H3/t10-,11+,12-,13+/m1/s1. The molecule has 3 aliphatic rings. The van der Waals surface area contributed by atoms with Gasteiger partial charge in [0.15, 0.2) is 0 Å². The topological polar surface area (TPSA) is 27.7 Å². The quantitative estimate of drug-likeness (QED) is 0.687. The number of fused-ring (bicyclic) bond motifs is 3. The molecule has 3 heteroatoms. The van der Waals surface area contributed by atoms with Crippen LogP contribution in [0.4, 0.5) is 0 Å². The Labute approximate surface area is 97.4 Å².